The molecule has 3 aromatic rings. The van der Waals surface area contributed by atoms with E-state index in [-0.39, 0.29) is 5.75 Å². The molecule has 3 nitrogen and oxygen atoms in total. The van der Waals surface area contributed by atoms with Gasteiger partial charge in [-0.15, -0.1) is 0 Å². The van der Waals surface area contributed by atoms with Crippen molar-refractivity contribution in [2.24, 2.45) is 0 Å². The topological polar surface area (TPSA) is 37.5 Å². The zero-order chi connectivity index (χ0) is 11.8. The van der Waals surface area contributed by atoms with Crippen LogP contribution in [-0.4, -0.2) is 14.5 Å². The molecule has 2 aromatic heterocycles. The van der Waals surface area contributed by atoms with Crippen molar-refractivity contribution in [3.63, 3.8) is 0 Å². The summed E-state index contributed by atoms with van der Waals surface area (Å²) in [6.07, 6.45) is 3.63. The van der Waals surface area contributed by atoms with Crippen LogP contribution in [0.4, 0.5) is 0 Å². The van der Waals surface area contributed by atoms with Gasteiger partial charge < -0.3 is 9.51 Å². The van der Waals surface area contributed by atoms with Crippen molar-refractivity contribution in [2.45, 2.75) is 0 Å². The van der Waals surface area contributed by atoms with Gasteiger partial charge in [-0.1, -0.05) is 23.7 Å². The summed E-state index contributed by atoms with van der Waals surface area (Å²) in [4.78, 5) is 4.43. The van der Waals surface area contributed by atoms with E-state index < -0.39 is 0 Å². The van der Waals surface area contributed by atoms with Gasteiger partial charge in [0.2, 0.25) is 0 Å². The first kappa shape index (κ1) is 10.2. The summed E-state index contributed by atoms with van der Waals surface area (Å²) in [6.45, 7) is 0. The fourth-order valence-corrected chi connectivity index (χ4v) is 1.95. The molecule has 3 rings (SSSR count). The Bertz CT molecular complexity index is 691. The number of fused-ring (bicyclic) bond motifs is 1. The highest BCUT2D eigenvalue weighted by Gasteiger charge is 2.07. The maximum absolute atomic E-state index is 9.77. The van der Waals surface area contributed by atoms with Gasteiger partial charge in [-0.25, -0.2) is 4.98 Å². The first-order valence-electron chi connectivity index (χ1n) is 5.17. The number of hydrogen-bond donors (Lipinski definition) is 1. The first-order valence-corrected chi connectivity index (χ1v) is 5.54. The number of phenolic OH excluding ortho intramolecular Hbond substituents is 1. The predicted octanol–water partition coefficient (Wildman–Crippen LogP) is 3.36. The molecule has 0 spiro atoms. The molecule has 0 atom stereocenters. The Morgan fingerprint density at radius 2 is 1.88 bits per heavy atom. The quantitative estimate of drug-likeness (QED) is 0.713. The van der Waals surface area contributed by atoms with Gasteiger partial charge in [0.25, 0.3) is 0 Å². The van der Waals surface area contributed by atoms with E-state index in [1.54, 1.807) is 24.4 Å². The van der Waals surface area contributed by atoms with E-state index in [0.29, 0.717) is 10.6 Å². The minimum absolute atomic E-state index is 0.224. The summed E-state index contributed by atoms with van der Waals surface area (Å²) in [5, 5.41) is 10.4. The number of phenols is 1. The highest BCUT2D eigenvalue weighted by atomic mass is 35.5. The normalized spacial score (nSPS) is 10.9. The van der Waals surface area contributed by atoms with E-state index in [2.05, 4.69) is 4.98 Å². The number of para-hydroxylation sites is 1. The fraction of sp³-hybridized carbons (Fsp3) is 0. The molecular formula is C13H9ClN2O. The summed E-state index contributed by atoms with van der Waals surface area (Å²) in [7, 11) is 0. The standard InChI is InChI=1S/C13H9ClN2O/c14-9-5-6-13-15-11(8-16(13)7-9)10-3-1-2-4-12(10)17/h1-8,17H. The number of aromatic nitrogens is 2. The van der Waals surface area contributed by atoms with Crippen LogP contribution >= 0.6 is 11.6 Å². The lowest BCUT2D eigenvalue weighted by Crippen LogP contribution is -1.79. The molecule has 1 N–H and O–H groups in total. The van der Waals surface area contributed by atoms with Gasteiger partial charge in [0.15, 0.2) is 0 Å². The van der Waals surface area contributed by atoms with Gasteiger partial charge in [0.05, 0.1) is 10.7 Å². The SMILES string of the molecule is Oc1ccccc1-c1cn2cc(Cl)ccc2n1. The molecule has 0 radical (unpaired) electrons. The van der Waals surface area contributed by atoms with Crippen molar-refractivity contribution in [3.05, 3.63) is 53.8 Å². The van der Waals surface area contributed by atoms with Crippen molar-refractivity contribution in [3.8, 4) is 17.0 Å². The van der Waals surface area contributed by atoms with E-state index in [4.69, 9.17) is 11.6 Å². The zero-order valence-electron chi connectivity index (χ0n) is 8.84. The number of pyridine rings is 1. The van der Waals surface area contributed by atoms with Crippen LogP contribution in [-0.2, 0) is 0 Å². The minimum Gasteiger partial charge on any atom is -0.507 e. The van der Waals surface area contributed by atoms with Crippen LogP contribution in [0.25, 0.3) is 16.9 Å². The molecule has 1 aromatic carbocycles. The van der Waals surface area contributed by atoms with Crippen molar-refractivity contribution in [1.82, 2.24) is 9.38 Å². The lowest BCUT2D eigenvalue weighted by Gasteiger charge is -1.98. The molecule has 0 saturated carbocycles. The minimum atomic E-state index is 0.224. The lowest BCUT2D eigenvalue weighted by molar-refractivity contribution is 0.477. The smallest absolute Gasteiger partial charge is 0.137 e. The molecular weight excluding hydrogens is 236 g/mol. The maximum atomic E-state index is 9.77. The third-order valence-electron chi connectivity index (χ3n) is 2.59. The molecule has 0 fully saturated rings. The van der Waals surface area contributed by atoms with Gasteiger partial charge in [-0.3, -0.25) is 0 Å². The molecule has 0 saturated heterocycles. The Hall–Kier alpha value is -2.00. The van der Waals surface area contributed by atoms with E-state index in [1.165, 1.54) is 0 Å². The second-order valence-electron chi connectivity index (χ2n) is 3.76. The largest absolute Gasteiger partial charge is 0.507 e. The summed E-state index contributed by atoms with van der Waals surface area (Å²) in [5.74, 6) is 0.224. The van der Waals surface area contributed by atoms with E-state index in [0.717, 1.165) is 11.3 Å². The van der Waals surface area contributed by atoms with E-state index in [1.807, 2.05) is 28.8 Å². The first-order chi connectivity index (χ1) is 8.24. The molecule has 84 valence electrons. The number of nitrogens with zero attached hydrogens (tertiary/aromatic N) is 2. The van der Waals surface area contributed by atoms with Gasteiger partial charge in [0.1, 0.15) is 11.4 Å². The number of rotatable bonds is 1. The third-order valence-corrected chi connectivity index (χ3v) is 2.82. The molecule has 0 aliphatic rings. The maximum Gasteiger partial charge on any atom is 0.137 e. The molecule has 17 heavy (non-hydrogen) atoms. The van der Waals surface area contributed by atoms with Crippen LogP contribution in [0, 0.1) is 0 Å². The Balaban J connectivity index is 2.22. The average Bonchev–Trinajstić information content (AvgIpc) is 2.72. The second kappa shape index (κ2) is 3.79. The van der Waals surface area contributed by atoms with Crippen LogP contribution in [0.3, 0.4) is 0 Å². The van der Waals surface area contributed by atoms with E-state index >= 15 is 0 Å². The van der Waals surface area contributed by atoms with Crippen LogP contribution in [0.15, 0.2) is 48.8 Å². The van der Waals surface area contributed by atoms with Gasteiger partial charge in [-0.2, -0.15) is 0 Å². The Labute approximate surface area is 103 Å². The summed E-state index contributed by atoms with van der Waals surface area (Å²) >= 11 is 5.91. The highest BCUT2D eigenvalue weighted by molar-refractivity contribution is 6.30. The summed E-state index contributed by atoms with van der Waals surface area (Å²) in [6, 6.07) is 10.8. The molecule has 0 aliphatic heterocycles. The van der Waals surface area contributed by atoms with Crippen LogP contribution < -0.4 is 0 Å². The van der Waals surface area contributed by atoms with Gasteiger partial charge in [0, 0.05) is 18.0 Å². The number of aromatic hydroxyl groups is 1. The Morgan fingerprint density at radius 3 is 2.71 bits per heavy atom. The number of halogens is 1. The average molecular weight is 245 g/mol. The van der Waals surface area contributed by atoms with Crippen molar-refractivity contribution in [1.29, 1.82) is 0 Å². The van der Waals surface area contributed by atoms with Crippen LogP contribution in [0.1, 0.15) is 0 Å². The van der Waals surface area contributed by atoms with Crippen molar-refractivity contribution >= 4 is 17.2 Å². The van der Waals surface area contributed by atoms with Crippen LogP contribution in [0.2, 0.25) is 5.02 Å². The van der Waals surface area contributed by atoms with Gasteiger partial charge >= 0.3 is 0 Å². The van der Waals surface area contributed by atoms with E-state index in [9.17, 15) is 5.11 Å². The molecule has 0 bridgehead atoms. The highest BCUT2D eigenvalue weighted by Crippen LogP contribution is 2.28. The molecule has 0 amide bonds. The predicted molar refractivity (Wildman–Crippen MR) is 67.3 cm³/mol. The Morgan fingerprint density at radius 1 is 1.06 bits per heavy atom. The molecule has 0 unspecified atom stereocenters. The second-order valence-corrected chi connectivity index (χ2v) is 4.19. The molecule has 0 aliphatic carbocycles. The Kier molecular flexibility index (Phi) is 2.27. The number of benzene rings is 1. The summed E-state index contributed by atoms with van der Waals surface area (Å²) in [5.41, 5.74) is 2.24. The number of imidazole rings is 1. The fourth-order valence-electron chi connectivity index (χ4n) is 1.78. The number of hydrogen-bond acceptors (Lipinski definition) is 2. The van der Waals surface area contributed by atoms with Crippen molar-refractivity contribution < 1.29 is 5.11 Å². The monoisotopic (exact) mass is 244 g/mol. The molecule has 4 heteroatoms. The zero-order valence-corrected chi connectivity index (χ0v) is 9.59. The lowest BCUT2D eigenvalue weighted by atomic mass is 10.1. The van der Waals surface area contributed by atoms with Crippen molar-refractivity contribution in [2.75, 3.05) is 0 Å². The molecule has 2 heterocycles. The third kappa shape index (κ3) is 1.74. The summed E-state index contributed by atoms with van der Waals surface area (Å²) < 4.78 is 1.84. The van der Waals surface area contributed by atoms with Crippen LogP contribution in [0.5, 0.6) is 5.75 Å². The van der Waals surface area contributed by atoms with Gasteiger partial charge in [-0.05, 0) is 24.3 Å².